The number of aryl methyl sites for hydroxylation is 1. The molecule has 2 aromatic carbocycles. The number of carbonyl (C=O) groups is 1. The van der Waals surface area contributed by atoms with Crippen molar-refractivity contribution in [3.63, 3.8) is 0 Å². The predicted octanol–water partition coefficient (Wildman–Crippen LogP) is 4.55. The van der Waals surface area contributed by atoms with Crippen LogP contribution in [0.5, 0.6) is 0 Å². The summed E-state index contributed by atoms with van der Waals surface area (Å²) in [5.41, 5.74) is 5.43. The molecule has 128 valence electrons. The van der Waals surface area contributed by atoms with Gasteiger partial charge in [-0.2, -0.15) is 5.10 Å². The minimum Gasteiger partial charge on any atom is -0.352 e. The van der Waals surface area contributed by atoms with E-state index in [0.29, 0.717) is 21.4 Å². The van der Waals surface area contributed by atoms with Gasteiger partial charge in [0.05, 0.1) is 33.2 Å². The lowest BCUT2D eigenvalue weighted by molar-refractivity contribution is 0.0707. The van der Waals surface area contributed by atoms with E-state index in [9.17, 15) is 4.79 Å². The third kappa shape index (κ3) is 3.46. The van der Waals surface area contributed by atoms with Crippen LogP contribution in [-0.4, -0.2) is 21.3 Å². The van der Waals surface area contributed by atoms with Crippen LogP contribution in [0.15, 0.2) is 42.6 Å². The predicted molar refractivity (Wildman–Crippen MR) is 97.8 cm³/mol. The molecule has 0 radical (unpaired) electrons. The van der Waals surface area contributed by atoms with Crippen molar-refractivity contribution < 1.29 is 10.0 Å². The molecule has 1 heterocycles. The summed E-state index contributed by atoms with van der Waals surface area (Å²) in [5, 5.41) is 19.6. The van der Waals surface area contributed by atoms with Crippen molar-refractivity contribution >= 4 is 40.5 Å². The fourth-order valence-corrected chi connectivity index (χ4v) is 3.06. The van der Waals surface area contributed by atoms with Crippen molar-refractivity contribution in [2.45, 2.75) is 6.92 Å². The lowest BCUT2D eigenvalue weighted by atomic mass is 10.1. The van der Waals surface area contributed by atoms with Crippen molar-refractivity contribution in [2.24, 2.45) is 0 Å². The Morgan fingerprint density at radius 3 is 2.48 bits per heavy atom. The molecular formula is C17H14Cl2N4O2. The van der Waals surface area contributed by atoms with Crippen molar-refractivity contribution in [1.82, 2.24) is 15.7 Å². The highest BCUT2D eigenvalue weighted by atomic mass is 35.5. The largest absolute Gasteiger partial charge is 0.352 e. The highest BCUT2D eigenvalue weighted by molar-refractivity contribution is 6.39. The van der Waals surface area contributed by atoms with Crippen molar-refractivity contribution in [1.29, 1.82) is 0 Å². The SMILES string of the molecule is Cc1[nH]ncc1-c1cc(Cl)c(Nc2ccccc2C(=O)NO)c(Cl)c1. The van der Waals surface area contributed by atoms with Gasteiger partial charge in [-0.1, -0.05) is 35.3 Å². The Hall–Kier alpha value is -2.54. The van der Waals surface area contributed by atoms with Gasteiger partial charge in [0.15, 0.2) is 0 Å². The smallest absolute Gasteiger partial charge is 0.276 e. The highest BCUT2D eigenvalue weighted by Crippen LogP contribution is 2.38. The van der Waals surface area contributed by atoms with Gasteiger partial charge in [-0.3, -0.25) is 15.1 Å². The van der Waals surface area contributed by atoms with Crippen molar-refractivity contribution in [2.75, 3.05) is 5.32 Å². The molecule has 3 aromatic rings. The molecule has 8 heteroatoms. The lowest BCUT2D eigenvalue weighted by Crippen LogP contribution is -2.19. The molecular weight excluding hydrogens is 363 g/mol. The van der Waals surface area contributed by atoms with E-state index in [2.05, 4.69) is 15.5 Å². The zero-order chi connectivity index (χ0) is 18.0. The second kappa shape index (κ2) is 7.14. The first-order valence-electron chi connectivity index (χ1n) is 7.31. The third-order valence-electron chi connectivity index (χ3n) is 3.72. The fourth-order valence-electron chi connectivity index (χ4n) is 2.47. The number of amides is 1. The summed E-state index contributed by atoms with van der Waals surface area (Å²) >= 11 is 12.8. The monoisotopic (exact) mass is 376 g/mol. The maximum atomic E-state index is 11.8. The molecule has 25 heavy (non-hydrogen) atoms. The first kappa shape index (κ1) is 17.3. The normalized spacial score (nSPS) is 10.6. The van der Waals surface area contributed by atoms with E-state index in [1.165, 1.54) is 0 Å². The maximum absolute atomic E-state index is 11.8. The molecule has 0 bridgehead atoms. The minimum atomic E-state index is -0.638. The number of hydrogen-bond acceptors (Lipinski definition) is 4. The van der Waals surface area contributed by atoms with Crippen LogP contribution < -0.4 is 10.8 Å². The van der Waals surface area contributed by atoms with E-state index in [4.69, 9.17) is 28.4 Å². The van der Waals surface area contributed by atoms with Gasteiger partial charge in [0.1, 0.15) is 0 Å². The number of para-hydroxylation sites is 1. The van der Waals surface area contributed by atoms with Crippen LogP contribution in [0.4, 0.5) is 11.4 Å². The van der Waals surface area contributed by atoms with E-state index in [1.54, 1.807) is 48.1 Å². The van der Waals surface area contributed by atoms with Gasteiger partial charge in [0, 0.05) is 11.3 Å². The molecule has 0 fully saturated rings. The number of hydroxylamine groups is 1. The van der Waals surface area contributed by atoms with Crippen LogP contribution in [-0.2, 0) is 0 Å². The van der Waals surface area contributed by atoms with Gasteiger partial charge in [0.2, 0.25) is 0 Å². The molecule has 1 aromatic heterocycles. The number of anilines is 2. The topological polar surface area (TPSA) is 90.0 Å². The number of rotatable bonds is 4. The molecule has 6 nitrogen and oxygen atoms in total. The number of carbonyl (C=O) groups excluding carboxylic acids is 1. The van der Waals surface area contributed by atoms with E-state index >= 15 is 0 Å². The van der Waals surface area contributed by atoms with Gasteiger partial charge in [-0.05, 0) is 36.8 Å². The Kier molecular flexibility index (Phi) is 4.94. The van der Waals surface area contributed by atoms with E-state index < -0.39 is 5.91 Å². The van der Waals surface area contributed by atoms with Crippen LogP contribution in [0, 0.1) is 6.92 Å². The van der Waals surface area contributed by atoms with Gasteiger partial charge >= 0.3 is 0 Å². The molecule has 0 saturated heterocycles. The summed E-state index contributed by atoms with van der Waals surface area (Å²) in [4.78, 5) is 11.8. The number of halogens is 2. The average molecular weight is 377 g/mol. The number of benzene rings is 2. The zero-order valence-electron chi connectivity index (χ0n) is 13.1. The summed E-state index contributed by atoms with van der Waals surface area (Å²) in [7, 11) is 0. The van der Waals surface area contributed by atoms with Gasteiger partial charge in [-0.15, -0.1) is 0 Å². The summed E-state index contributed by atoms with van der Waals surface area (Å²) in [6.45, 7) is 1.90. The number of aromatic amines is 1. The molecule has 1 amide bonds. The lowest BCUT2D eigenvalue weighted by Gasteiger charge is -2.14. The highest BCUT2D eigenvalue weighted by Gasteiger charge is 2.15. The quantitative estimate of drug-likeness (QED) is 0.397. The third-order valence-corrected chi connectivity index (χ3v) is 4.31. The maximum Gasteiger partial charge on any atom is 0.276 e. The Morgan fingerprint density at radius 1 is 1.20 bits per heavy atom. The van der Waals surface area contributed by atoms with Crippen LogP contribution in [0.1, 0.15) is 16.1 Å². The van der Waals surface area contributed by atoms with Gasteiger partial charge in [-0.25, -0.2) is 5.48 Å². The number of hydrogen-bond donors (Lipinski definition) is 4. The van der Waals surface area contributed by atoms with Crippen LogP contribution in [0.3, 0.4) is 0 Å². The van der Waals surface area contributed by atoms with Crippen molar-refractivity contribution in [3.8, 4) is 11.1 Å². The Bertz CT molecular complexity index is 917. The summed E-state index contributed by atoms with van der Waals surface area (Å²) in [6.07, 6.45) is 1.70. The first-order chi connectivity index (χ1) is 12.0. The van der Waals surface area contributed by atoms with Crippen LogP contribution >= 0.6 is 23.2 Å². The molecule has 0 aliphatic rings. The van der Waals surface area contributed by atoms with E-state index in [0.717, 1.165) is 16.8 Å². The number of H-pyrrole nitrogens is 1. The number of nitrogens with one attached hydrogen (secondary N) is 3. The van der Waals surface area contributed by atoms with Crippen molar-refractivity contribution in [3.05, 3.63) is 63.9 Å². The molecule has 0 atom stereocenters. The van der Waals surface area contributed by atoms with E-state index in [-0.39, 0.29) is 5.56 Å². The average Bonchev–Trinajstić information content (AvgIpc) is 3.03. The summed E-state index contributed by atoms with van der Waals surface area (Å²) in [6, 6.07) is 10.2. The molecule has 4 N–H and O–H groups in total. The molecule has 0 aliphatic heterocycles. The second-order valence-corrected chi connectivity index (χ2v) is 6.15. The fraction of sp³-hybridized carbons (Fsp3) is 0.0588. The molecule has 0 spiro atoms. The van der Waals surface area contributed by atoms with E-state index in [1.807, 2.05) is 6.92 Å². The Morgan fingerprint density at radius 2 is 1.88 bits per heavy atom. The molecule has 3 rings (SSSR count). The number of aromatic nitrogens is 2. The zero-order valence-corrected chi connectivity index (χ0v) is 14.6. The first-order valence-corrected chi connectivity index (χ1v) is 8.06. The summed E-state index contributed by atoms with van der Waals surface area (Å²) in [5.74, 6) is -0.638. The Balaban J connectivity index is 2.00. The number of nitrogens with zero attached hydrogens (tertiary/aromatic N) is 1. The summed E-state index contributed by atoms with van der Waals surface area (Å²) < 4.78 is 0. The van der Waals surface area contributed by atoms with Gasteiger partial charge in [0.25, 0.3) is 5.91 Å². The molecule has 0 aliphatic carbocycles. The van der Waals surface area contributed by atoms with Crippen LogP contribution in [0.2, 0.25) is 10.0 Å². The Labute approximate surface area is 153 Å². The van der Waals surface area contributed by atoms with Gasteiger partial charge < -0.3 is 5.32 Å². The second-order valence-electron chi connectivity index (χ2n) is 5.34. The minimum absolute atomic E-state index is 0.256. The molecule has 0 unspecified atom stereocenters. The van der Waals surface area contributed by atoms with Crippen LogP contribution in [0.25, 0.3) is 11.1 Å². The molecule has 0 saturated carbocycles. The standard InChI is InChI=1S/C17H14Cl2N4O2/c1-9-12(8-20-22-9)10-6-13(18)16(14(19)7-10)21-15-5-3-2-4-11(15)17(24)23-25/h2-8,21,25H,1H3,(H,20,22)(H,23,24).